The molecule has 0 saturated carbocycles. The minimum absolute atomic E-state index is 0.694. The lowest BCUT2D eigenvalue weighted by molar-refractivity contribution is 0.581. The van der Waals surface area contributed by atoms with E-state index in [0.29, 0.717) is 5.92 Å². The summed E-state index contributed by atoms with van der Waals surface area (Å²) in [6, 6.07) is 9.06. The van der Waals surface area contributed by atoms with Gasteiger partial charge in [0.25, 0.3) is 0 Å². The van der Waals surface area contributed by atoms with Gasteiger partial charge in [0, 0.05) is 0 Å². The van der Waals surface area contributed by atoms with Gasteiger partial charge in [0.15, 0.2) is 0 Å². The van der Waals surface area contributed by atoms with Crippen molar-refractivity contribution >= 4 is 0 Å². The van der Waals surface area contributed by atoms with Crippen molar-refractivity contribution in [2.75, 3.05) is 6.54 Å². The van der Waals surface area contributed by atoms with E-state index < -0.39 is 0 Å². The fourth-order valence-corrected chi connectivity index (χ4v) is 2.00. The summed E-state index contributed by atoms with van der Waals surface area (Å²) in [7, 11) is 0. The quantitative estimate of drug-likeness (QED) is 0.756. The van der Waals surface area contributed by atoms with Crippen molar-refractivity contribution in [2.45, 2.75) is 45.4 Å². The Hall–Kier alpha value is -0.820. The van der Waals surface area contributed by atoms with Crippen molar-refractivity contribution in [1.29, 1.82) is 0 Å². The molecular formula is C14H23N. The average molecular weight is 205 g/mol. The molecule has 0 bridgehead atoms. The van der Waals surface area contributed by atoms with Crippen LogP contribution in [0.4, 0.5) is 0 Å². The molecule has 15 heavy (non-hydrogen) atoms. The van der Waals surface area contributed by atoms with Crippen LogP contribution in [0.3, 0.4) is 0 Å². The SMILES string of the molecule is CCc1ccc(C(CC)CCCN)cc1. The van der Waals surface area contributed by atoms with Gasteiger partial charge in [0.05, 0.1) is 0 Å². The molecule has 2 N–H and O–H groups in total. The summed E-state index contributed by atoms with van der Waals surface area (Å²) in [6.45, 7) is 5.26. The second-order valence-corrected chi connectivity index (χ2v) is 4.13. The van der Waals surface area contributed by atoms with Gasteiger partial charge in [-0.05, 0) is 49.3 Å². The molecule has 1 aromatic rings. The van der Waals surface area contributed by atoms with Crippen LogP contribution in [0.5, 0.6) is 0 Å². The van der Waals surface area contributed by atoms with Crippen molar-refractivity contribution in [2.24, 2.45) is 5.73 Å². The molecule has 0 aromatic heterocycles. The zero-order chi connectivity index (χ0) is 11.1. The van der Waals surface area contributed by atoms with Crippen LogP contribution >= 0.6 is 0 Å². The van der Waals surface area contributed by atoms with E-state index in [9.17, 15) is 0 Å². The Bertz CT molecular complexity index is 263. The number of rotatable bonds is 6. The van der Waals surface area contributed by atoms with E-state index in [2.05, 4.69) is 38.1 Å². The third-order valence-corrected chi connectivity index (χ3v) is 3.11. The van der Waals surface area contributed by atoms with Crippen molar-refractivity contribution in [1.82, 2.24) is 0 Å². The Balaban J connectivity index is 2.65. The summed E-state index contributed by atoms with van der Waals surface area (Å²) >= 11 is 0. The lowest BCUT2D eigenvalue weighted by atomic mass is 9.91. The molecular weight excluding hydrogens is 182 g/mol. The first-order chi connectivity index (χ1) is 7.31. The van der Waals surface area contributed by atoms with Gasteiger partial charge < -0.3 is 5.73 Å². The van der Waals surface area contributed by atoms with Crippen LogP contribution < -0.4 is 5.73 Å². The van der Waals surface area contributed by atoms with E-state index in [-0.39, 0.29) is 0 Å². The van der Waals surface area contributed by atoms with E-state index in [1.165, 1.54) is 24.0 Å². The van der Waals surface area contributed by atoms with E-state index in [4.69, 9.17) is 5.73 Å². The molecule has 1 atom stereocenters. The Morgan fingerprint density at radius 2 is 1.80 bits per heavy atom. The average Bonchev–Trinajstić information content (AvgIpc) is 2.31. The molecule has 1 aromatic carbocycles. The summed E-state index contributed by atoms with van der Waals surface area (Å²) in [5.41, 5.74) is 8.45. The highest BCUT2D eigenvalue weighted by atomic mass is 14.5. The topological polar surface area (TPSA) is 26.0 Å². The smallest absolute Gasteiger partial charge is 0.00771 e. The van der Waals surface area contributed by atoms with Crippen LogP contribution in [-0.2, 0) is 6.42 Å². The first-order valence-electron chi connectivity index (χ1n) is 6.10. The van der Waals surface area contributed by atoms with Gasteiger partial charge in [-0.1, -0.05) is 38.1 Å². The highest BCUT2D eigenvalue weighted by molar-refractivity contribution is 5.25. The van der Waals surface area contributed by atoms with Crippen molar-refractivity contribution in [3.8, 4) is 0 Å². The molecule has 0 aliphatic rings. The summed E-state index contributed by atoms with van der Waals surface area (Å²) < 4.78 is 0. The summed E-state index contributed by atoms with van der Waals surface area (Å²) in [5, 5.41) is 0. The van der Waals surface area contributed by atoms with E-state index in [0.717, 1.165) is 19.4 Å². The van der Waals surface area contributed by atoms with Gasteiger partial charge in [0.1, 0.15) is 0 Å². The van der Waals surface area contributed by atoms with Crippen LogP contribution in [-0.4, -0.2) is 6.54 Å². The maximum atomic E-state index is 5.56. The predicted octanol–water partition coefficient (Wildman–Crippen LogP) is 3.48. The number of hydrogen-bond acceptors (Lipinski definition) is 1. The first-order valence-corrected chi connectivity index (χ1v) is 6.10. The molecule has 0 fully saturated rings. The Morgan fingerprint density at radius 3 is 2.27 bits per heavy atom. The zero-order valence-electron chi connectivity index (χ0n) is 10.00. The first kappa shape index (κ1) is 12.3. The second kappa shape index (κ2) is 6.62. The summed E-state index contributed by atoms with van der Waals surface area (Å²) in [5.74, 6) is 0.694. The number of benzene rings is 1. The lowest BCUT2D eigenvalue weighted by Gasteiger charge is -2.15. The van der Waals surface area contributed by atoms with Crippen molar-refractivity contribution < 1.29 is 0 Å². The monoisotopic (exact) mass is 205 g/mol. The number of aryl methyl sites for hydroxylation is 1. The standard InChI is InChI=1S/C14H23N/c1-3-12-7-9-14(10-8-12)13(4-2)6-5-11-15/h7-10,13H,3-6,11,15H2,1-2H3. The van der Waals surface area contributed by atoms with E-state index in [1.54, 1.807) is 0 Å². The Kier molecular flexibility index (Phi) is 5.41. The molecule has 0 heterocycles. The van der Waals surface area contributed by atoms with E-state index in [1.807, 2.05) is 0 Å². The molecule has 0 aliphatic heterocycles. The summed E-state index contributed by atoms with van der Waals surface area (Å²) in [4.78, 5) is 0. The van der Waals surface area contributed by atoms with Crippen LogP contribution in [0.1, 0.15) is 50.2 Å². The highest BCUT2D eigenvalue weighted by Gasteiger charge is 2.08. The Morgan fingerprint density at radius 1 is 1.13 bits per heavy atom. The molecule has 0 saturated heterocycles. The van der Waals surface area contributed by atoms with Gasteiger partial charge in [-0.2, -0.15) is 0 Å². The van der Waals surface area contributed by atoms with E-state index >= 15 is 0 Å². The molecule has 0 aliphatic carbocycles. The molecule has 1 heteroatoms. The van der Waals surface area contributed by atoms with Crippen LogP contribution in [0.25, 0.3) is 0 Å². The van der Waals surface area contributed by atoms with Crippen LogP contribution in [0.15, 0.2) is 24.3 Å². The molecule has 1 nitrogen and oxygen atoms in total. The third-order valence-electron chi connectivity index (χ3n) is 3.11. The fourth-order valence-electron chi connectivity index (χ4n) is 2.00. The van der Waals surface area contributed by atoms with Gasteiger partial charge in [0.2, 0.25) is 0 Å². The minimum atomic E-state index is 0.694. The number of hydrogen-bond donors (Lipinski definition) is 1. The minimum Gasteiger partial charge on any atom is -0.330 e. The van der Waals surface area contributed by atoms with Gasteiger partial charge in [-0.3, -0.25) is 0 Å². The van der Waals surface area contributed by atoms with Crippen molar-refractivity contribution in [3.05, 3.63) is 35.4 Å². The maximum absolute atomic E-state index is 5.56. The van der Waals surface area contributed by atoms with Gasteiger partial charge in [-0.15, -0.1) is 0 Å². The van der Waals surface area contributed by atoms with Crippen LogP contribution in [0, 0.1) is 0 Å². The third kappa shape index (κ3) is 3.67. The lowest BCUT2D eigenvalue weighted by Crippen LogP contribution is -2.03. The summed E-state index contributed by atoms with van der Waals surface area (Å²) in [6.07, 6.45) is 4.69. The Labute approximate surface area is 93.7 Å². The second-order valence-electron chi connectivity index (χ2n) is 4.13. The maximum Gasteiger partial charge on any atom is -0.00771 e. The molecule has 1 unspecified atom stereocenters. The fraction of sp³-hybridized carbons (Fsp3) is 0.571. The molecule has 0 spiro atoms. The highest BCUT2D eigenvalue weighted by Crippen LogP contribution is 2.24. The molecule has 0 amide bonds. The van der Waals surface area contributed by atoms with Gasteiger partial charge in [-0.25, -0.2) is 0 Å². The largest absolute Gasteiger partial charge is 0.330 e. The molecule has 84 valence electrons. The van der Waals surface area contributed by atoms with Gasteiger partial charge >= 0.3 is 0 Å². The number of nitrogens with two attached hydrogens (primary N) is 1. The van der Waals surface area contributed by atoms with Crippen molar-refractivity contribution in [3.63, 3.8) is 0 Å². The molecule has 1 rings (SSSR count). The predicted molar refractivity (Wildman–Crippen MR) is 67.1 cm³/mol. The molecule has 0 radical (unpaired) electrons. The zero-order valence-corrected chi connectivity index (χ0v) is 10.00. The van der Waals surface area contributed by atoms with Crippen LogP contribution in [0.2, 0.25) is 0 Å². The normalized spacial score (nSPS) is 12.7.